The molecule has 31 heavy (non-hydrogen) atoms. The predicted molar refractivity (Wildman–Crippen MR) is 116 cm³/mol. The summed E-state index contributed by atoms with van der Waals surface area (Å²) in [5, 5.41) is 13.4. The number of hydrogen-bond acceptors (Lipinski definition) is 6. The third kappa shape index (κ3) is 4.56. The number of aryl methyl sites for hydroxylation is 2. The van der Waals surface area contributed by atoms with Crippen molar-refractivity contribution in [3.63, 3.8) is 0 Å². The highest BCUT2D eigenvalue weighted by atomic mass is 16.3. The van der Waals surface area contributed by atoms with Gasteiger partial charge in [0.1, 0.15) is 5.69 Å². The summed E-state index contributed by atoms with van der Waals surface area (Å²) < 4.78 is 1.67. The second-order valence-electron chi connectivity index (χ2n) is 8.46. The highest BCUT2D eigenvalue weighted by Crippen LogP contribution is 2.28. The monoisotopic (exact) mass is 426 g/mol. The molecular weight excluding hydrogens is 396 g/mol. The van der Waals surface area contributed by atoms with Crippen molar-refractivity contribution in [2.45, 2.75) is 38.3 Å². The van der Waals surface area contributed by atoms with E-state index < -0.39 is 12.1 Å². The normalized spacial score (nSPS) is 24.2. The van der Waals surface area contributed by atoms with Crippen LogP contribution in [0.4, 0.5) is 5.69 Å². The summed E-state index contributed by atoms with van der Waals surface area (Å²) in [7, 11) is 1.77. The van der Waals surface area contributed by atoms with Crippen LogP contribution in [0.3, 0.4) is 0 Å². The number of carbonyl (C=O) groups is 2. The number of rotatable bonds is 4. The fourth-order valence-corrected chi connectivity index (χ4v) is 4.64. The fraction of sp³-hybridized carbons (Fsp3) is 0.545. The Morgan fingerprint density at radius 3 is 2.48 bits per heavy atom. The average molecular weight is 427 g/mol. The van der Waals surface area contributed by atoms with Gasteiger partial charge >= 0.3 is 0 Å². The van der Waals surface area contributed by atoms with Crippen molar-refractivity contribution in [1.29, 1.82) is 0 Å². The van der Waals surface area contributed by atoms with E-state index in [4.69, 9.17) is 0 Å². The molecule has 1 aliphatic heterocycles. The van der Waals surface area contributed by atoms with Crippen LogP contribution in [0.25, 0.3) is 0 Å². The molecule has 3 atom stereocenters. The number of imidazole rings is 1. The minimum atomic E-state index is -0.648. The van der Waals surface area contributed by atoms with Gasteiger partial charge in [0, 0.05) is 57.2 Å². The number of nitrogens with one attached hydrogen (secondary N) is 1. The molecular formula is C22H30N6O3. The molecule has 0 unspecified atom stereocenters. The average Bonchev–Trinajstić information content (AvgIpc) is 3.13. The molecule has 2 amide bonds. The maximum absolute atomic E-state index is 13.2. The summed E-state index contributed by atoms with van der Waals surface area (Å²) in [5.74, 6) is -0.327. The van der Waals surface area contributed by atoms with Crippen LogP contribution in [-0.2, 0) is 11.8 Å². The van der Waals surface area contributed by atoms with Crippen LogP contribution >= 0.6 is 0 Å². The van der Waals surface area contributed by atoms with Crippen LogP contribution in [0.5, 0.6) is 0 Å². The van der Waals surface area contributed by atoms with Crippen LogP contribution in [0.1, 0.15) is 35.4 Å². The van der Waals surface area contributed by atoms with Crippen LogP contribution in [0.15, 0.2) is 30.9 Å². The molecule has 2 N–H and O–H groups in total. The number of nitrogens with zero attached hydrogens (tertiary/aromatic N) is 5. The SMILES string of the molecule is Cc1ncn(C)c1C(=O)N[C@@H]1C[C@@H](C(=O)N2CCN(c3ccncc3)CC2)CC[C@H]1O. The van der Waals surface area contributed by atoms with E-state index in [1.807, 2.05) is 17.0 Å². The summed E-state index contributed by atoms with van der Waals surface area (Å²) >= 11 is 0. The van der Waals surface area contributed by atoms with E-state index >= 15 is 0 Å². The number of anilines is 1. The lowest BCUT2D eigenvalue weighted by Gasteiger charge is -2.40. The second-order valence-corrected chi connectivity index (χ2v) is 8.46. The molecule has 166 valence electrons. The number of pyridine rings is 1. The van der Waals surface area contributed by atoms with Gasteiger partial charge in [-0.2, -0.15) is 0 Å². The molecule has 2 aromatic heterocycles. The molecule has 0 aromatic carbocycles. The van der Waals surface area contributed by atoms with E-state index in [1.54, 1.807) is 37.3 Å². The first kappa shape index (κ1) is 21.3. The first-order chi connectivity index (χ1) is 14.9. The standard InChI is InChI=1S/C22H30N6O3/c1-15-20(26(2)14-24-15)21(30)25-18-13-16(3-4-19(18)29)22(31)28-11-9-27(10-12-28)17-5-7-23-8-6-17/h5-8,14,16,18-19,29H,3-4,9-13H2,1-2H3,(H,25,30)/t16-,18+,19+/m0/s1. The molecule has 1 saturated heterocycles. The fourth-order valence-electron chi connectivity index (χ4n) is 4.64. The van der Waals surface area contributed by atoms with E-state index in [-0.39, 0.29) is 17.7 Å². The van der Waals surface area contributed by atoms with Gasteiger partial charge in [0.05, 0.1) is 24.2 Å². The van der Waals surface area contributed by atoms with Gasteiger partial charge in [-0.3, -0.25) is 14.6 Å². The van der Waals surface area contributed by atoms with Crippen molar-refractivity contribution in [3.8, 4) is 0 Å². The van der Waals surface area contributed by atoms with Gasteiger partial charge < -0.3 is 24.8 Å². The Kier molecular flexibility index (Phi) is 6.22. The minimum absolute atomic E-state index is 0.122. The maximum atomic E-state index is 13.2. The van der Waals surface area contributed by atoms with E-state index in [2.05, 4.69) is 20.2 Å². The summed E-state index contributed by atoms with van der Waals surface area (Å²) in [4.78, 5) is 38.3. The van der Waals surface area contributed by atoms with Crippen LogP contribution < -0.4 is 10.2 Å². The molecule has 4 rings (SSSR count). The highest BCUT2D eigenvalue weighted by Gasteiger charge is 2.37. The molecule has 2 aliphatic rings. The van der Waals surface area contributed by atoms with Crippen molar-refractivity contribution in [1.82, 2.24) is 24.8 Å². The number of aliphatic hydroxyl groups is 1. The molecule has 3 heterocycles. The maximum Gasteiger partial charge on any atom is 0.270 e. The number of hydrogen-bond donors (Lipinski definition) is 2. The van der Waals surface area contributed by atoms with E-state index in [0.717, 1.165) is 18.8 Å². The van der Waals surface area contributed by atoms with Crippen LogP contribution in [0.2, 0.25) is 0 Å². The number of carbonyl (C=O) groups excluding carboxylic acids is 2. The Bertz CT molecular complexity index is 903. The molecule has 9 nitrogen and oxygen atoms in total. The first-order valence-corrected chi connectivity index (χ1v) is 10.8. The quantitative estimate of drug-likeness (QED) is 0.747. The number of aromatic nitrogens is 3. The molecule has 2 aromatic rings. The Hall–Kier alpha value is -2.94. The van der Waals surface area contributed by atoms with Gasteiger partial charge in [-0.1, -0.05) is 0 Å². The molecule has 1 aliphatic carbocycles. The van der Waals surface area contributed by atoms with Crippen molar-refractivity contribution < 1.29 is 14.7 Å². The summed E-state index contributed by atoms with van der Waals surface area (Å²) in [6.07, 6.45) is 6.10. The summed E-state index contributed by atoms with van der Waals surface area (Å²) in [6, 6.07) is 3.52. The molecule has 2 fully saturated rings. The van der Waals surface area contributed by atoms with Gasteiger partial charge in [-0.25, -0.2) is 4.98 Å². The summed E-state index contributed by atoms with van der Waals surface area (Å²) in [5.41, 5.74) is 2.24. The van der Waals surface area contributed by atoms with Gasteiger partial charge in [-0.15, -0.1) is 0 Å². The topological polar surface area (TPSA) is 104 Å². The van der Waals surface area contributed by atoms with Crippen molar-refractivity contribution in [2.75, 3.05) is 31.1 Å². The smallest absolute Gasteiger partial charge is 0.270 e. The third-order valence-electron chi connectivity index (χ3n) is 6.43. The number of aliphatic hydroxyl groups excluding tert-OH is 1. The first-order valence-electron chi connectivity index (χ1n) is 10.8. The second kappa shape index (κ2) is 9.05. The Morgan fingerprint density at radius 1 is 1.13 bits per heavy atom. The molecule has 0 spiro atoms. The lowest BCUT2D eigenvalue weighted by atomic mass is 9.82. The lowest BCUT2D eigenvalue weighted by molar-refractivity contribution is -0.138. The number of piperazine rings is 1. The molecule has 0 bridgehead atoms. The van der Waals surface area contributed by atoms with E-state index in [9.17, 15) is 14.7 Å². The van der Waals surface area contributed by atoms with Gasteiger partial charge in [0.25, 0.3) is 5.91 Å². The van der Waals surface area contributed by atoms with Crippen molar-refractivity contribution >= 4 is 17.5 Å². The third-order valence-corrected chi connectivity index (χ3v) is 6.43. The van der Waals surface area contributed by atoms with Gasteiger partial charge in [-0.05, 0) is 38.3 Å². The Morgan fingerprint density at radius 2 is 1.84 bits per heavy atom. The number of amides is 2. The van der Waals surface area contributed by atoms with Gasteiger partial charge in [0.15, 0.2) is 0 Å². The Balaban J connectivity index is 1.34. The highest BCUT2D eigenvalue weighted by molar-refractivity contribution is 5.94. The largest absolute Gasteiger partial charge is 0.391 e. The zero-order chi connectivity index (χ0) is 22.0. The predicted octanol–water partition coefficient (Wildman–Crippen LogP) is 0.732. The van der Waals surface area contributed by atoms with Crippen molar-refractivity contribution in [3.05, 3.63) is 42.2 Å². The lowest BCUT2D eigenvalue weighted by Crippen LogP contribution is -2.53. The van der Waals surface area contributed by atoms with Crippen molar-refractivity contribution in [2.24, 2.45) is 13.0 Å². The molecule has 0 radical (unpaired) electrons. The zero-order valence-electron chi connectivity index (χ0n) is 18.1. The molecule has 1 saturated carbocycles. The van der Waals surface area contributed by atoms with E-state index in [0.29, 0.717) is 43.7 Å². The van der Waals surface area contributed by atoms with E-state index in [1.165, 1.54) is 0 Å². The Labute approximate surface area is 182 Å². The summed E-state index contributed by atoms with van der Waals surface area (Å²) in [6.45, 7) is 4.69. The zero-order valence-corrected chi connectivity index (χ0v) is 18.1. The minimum Gasteiger partial charge on any atom is -0.391 e. The molecule has 9 heteroatoms. The van der Waals surface area contributed by atoms with Crippen LogP contribution in [-0.4, -0.2) is 74.7 Å². The van der Waals surface area contributed by atoms with Crippen LogP contribution in [0, 0.1) is 12.8 Å². The van der Waals surface area contributed by atoms with Gasteiger partial charge in [0.2, 0.25) is 5.91 Å².